The van der Waals surface area contributed by atoms with E-state index in [0.29, 0.717) is 0 Å². The second-order valence-electron chi connectivity index (χ2n) is 5.72. The van der Waals surface area contributed by atoms with Crippen LogP contribution in [0, 0.1) is 0 Å². The third-order valence-corrected chi connectivity index (χ3v) is 3.58. The molecule has 0 saturated carbocycles. The van der Waals surface area contributed by atoms with E-state index < -0.39 is 0 Å². The maximum atomic E-state index is 5.80. The monoisotopic (exact) mass is 341 g/mol. The summed E-state index contributed by atoms with van der Waals surface area (Å²) in [6.45, 7) is 5.03. The molecule has 0 spiro atoms. The van der Waals surface area contributed by atoms with E-state index in [-0.39, 0.29) is 36.4 Å². The molecule has 2 aromatic carbocycles. The summed E-state index contributed by atoms with van der Waals surface area (Å²) < 4.78 is 11.6. The van der Waals surface area contributed by atoms with Crippen molar-refractivity contribution in [2.24, 2.45) is 0 Å². The summed E-state index contributed by atoms with van der Waals surface area (Å²) in [6, 6.07) is 16.3. The average Bonchev–Trinajstić information content (AvgIpc) is 3.14. The van der Waals surface area contributed by atoms with E-state index in [1.165, 1.54) is 11.0 Å². The summed E-state index contributed by atoms with van der Waals surface area (Å²) >= 11 is 0. The molecule has 0 N–H and O–H groups in total. The Morgan fingerprint density at radius 3 is 2.14 bits per heavy atom. The molecule has 1 saturated heterocycles. The Balaban J connectivity index is 0.000000344. The van der Waals surface area contributed by atoms with Gasteiger partial charge in [-0.15, -0.1) is 0 Å². The Labute approximate surface area is 144 Å². The first-order valence-electron chi connectivity index (χ1n) is 7.44. The van der Waals surface area contributed by atoms with Crippen molar-refractivity contribution in [1.29, 1.82) is 0 Å². The second kappa shape index (κ2) is 9.34. The van der Waals surface area contributed by atoms with Gasteiger partial charge in [0.15, 0.2) is 0 Å². The fourth-order valence-electron chi connectivity index (χ4n) is 2.30. The van der Waals surface area contributed by atoms with Crippen molar-refractivity contribution < 1.29 is 26.4 Å². The zero-order valence-electron chi connectivity index (χ0n) is 13.7. The van der Waals surface area contributed by atoms with Crippen LogP contribution in [0.5, 0.6) is 0 Å². The van der Waals surface area contributed by atoms with Crippen LogP contribution in [0.3, 0.4) is 0 Å². The van der Waals surface area contributed by atoms with Crippen LogP contribution >= 0.6 is 0 Å². The van der Waals surface area contributed by atoms with Crippen molar-refractivity contribution in [2.75, 3.05) is 14.1 Å². The van der Waals surface area contributed by atoms with Crippen molar-refractivity contribution >= 4 is 12.6 Å². The third-order valence-electron chi connectivity index (χ3n) is 3.58. The maximum Gasteiger partial charge on any atom is 0.407 e. The molecular formula is C17H24BFeNO2-2. The maximum absolute atomic E-state index is 5.80. The fourth-order valence-corrected chi connectivity index (χ4v) is 2.30. The Bertz CT molecular complexity index is 485. The third kappa shape index (κ3) is 5.42. The molecule has 3 rings (SSSR count). The Morgan fingerprint density at radius 2 is 1.68 bits per heavy atom. The summed E-state index contributed by atoms with van der Waals surface area (Å²) in [5.41, 5.74) is 2.46. The van der Waals surface area contributed by atoms with Crippen LogP contribution in [0.4, 0.5) is 0 Å². The summed E-state index contributed by atoms with van der Waals surface area (Å²) in [5.74, 6) is 0. The molecular weight excluding hydrogens is 317 g/mol. The first-order chi connectivity index (χ1) is 10.1. The Hall–Kier alpha value is -0.836. The molecule has 3 nitrogen and oxygen atoms in total. The standard InChI is InChI=1S/C12H19BNO2.C5H5.Fe/c1-9-10(2)16-13(15-9)12-7-5-6-11(12)8-14(3)4;1-2-4-5-3-1;/h5-7,9-10H,8H2,1-4H3;1-5H;/q2*-1;/t9-,10-;;/m1../s1. The minimum atomic E-state index is -0.185. The molecule has 0 radical (unpaired) electrons. The van der Waals surface area contributed by atoms with Gasteiger partial charge in [-0.05, 0) is 34.5 Å². The van der Waals surface area contributed by atoms with Gasteiger partial charge >= 0.3 is 7.12 Å². The number of rotatable bonds is 3. The summed E-state index contributed by atoms with van der Waals surface area (Å²) in [7, 11) is 3.95. The Kier molecular flexibility index (Phi) is 8.15. The molecule has 5 heteroatoms. The van der Waals surface area contributed by atoms with Gasteiger partial charge in [0.25, 0.3) is 0 Å². The molecule has 22 heavy (non-hydrogen) atoms. The summed E-state index contributed by atoms with van der Waals surface area (Å²) in [4.78, 5) is 2.15. The van der Waals surface area contributed by atoms with Crippen molar-refractivity contribution in [2.45, 2.75) is 32.6 Å². The second-order valence-corrected chi connectivity index (χ2v) is 5.72. The number of hydrogen-bond donors (Lipinski definition) is 0. The summed E-state index contributed by atoms with van der Waals surface area (Å²) in [5, 5.41) is 0. The molecule has 0 aliphatic carbocycles. The van der Waals surface area contributed by atoms with Crippen molar-refractivity contribution in [1.82, 2.24) is 4.90 Å². The molecule has 0 bridgehead atoms. The number of hydrogen-bond acceptors (Lipinski definition) is 3. The van der Waals surface area contributed by atoms with E-state index >= 15 is 0 Å². The predicted octanol–water partition coefficient (Wildman–Crippen LogP) is 2.39. The minimum absolute atomic E-state index is 0. The fraction of sp³-hybridized carbons (Fsp3) is 0.412. The molecule has 2 aromatic rings. The SMILES string of the molecule is C[C@H]1OB(c2cc[cH-]c2CN(C)C)O[C@@H]1C.[Fe].c1cc[cH-]c1. The van der Waals surface area contributed by atoms with Crippen molar-refractivity contribution in [3.8, 4) is 0 Å². The van der Waals surface area contributed by atoms with Crippen LogP contribution in [0.1, 0.15) is 19.4 Å². The number of nitrogens with zero attached hydrogens (tertiary/aromatic N) is 1. The van der Waals surface area contributed by atoms with Crippen LogP contribution in [0.2, 0.25) is 0 Å². The molecule has 0 aromatic heterocycles. The molecule has 1 fully saturated rings. The summed E-state index contributed by atoms with van der Waals surface area (Å²) in [6.07, 6.45) is 0.346. The molecule has 122 valence electrons. The van der Waals surface area contributed by atoms with Gasteiger partial charge in [-0.2, -0.15) is 41.4 Å². The predicted molar refractivity (Wildman–Crippen MR) is 87.9 cm³/mol. The largest absolute Gasteiger partial charge is 0.413 e. The molecule has 1 aliphatic rings. The Morgan fingerprint density at radius 1 is 1.09 bits per heavy atom. The van der Waals surface area contributed by atoms with Gasteiger partial charge in [0.05, 0.1) is 12.2 Å². The van der Waals surface area contributed by atoms with E-state index in [4.69, 9.17) is 9.31 Å². The van der Waals surface area contributed by atoms with Crippen molar-refractivity contribution in [3.05, 3.63) is 54.1 Å². The van der Waals surface area contributed by atoms with Crippen LogP contribution in [-0.2, 0) is 32.9 Å². The minimum Gasteiger partial charge on any atom is -0.413 e. The van der Waals surface area contributed by atoms with E-state index in [1.54, 1.807) is 0 Å². The average molecular weight is 341 g/mol. The first-order valence-corrected chi connectivity index (χ1v) is 7.44. The quantitative estimate of drug-likeness (QED) is 0.632. The van der Waals surface area contributed by atoms with Crippen LogP contribution in [-0.4, -0.2) is 38.3 Å². The first kappa shape index (κ1) is 19.2. The van der Waals surface area contributed by atoms with E-state index in [2.05, 4.69) is 51.0 Å². The zero-order valence-corrected chi connectivity index (χ0v) is 14.8. The van der Waals surface area contributed by atoms with Gasteiger partial charge < -0.3 is 14.2 Å². The van der Waals surface area contributed by atoms with E-state index in [0.717, 1.165) is 6.54 Å². The smallest absolute Gasteiger partial charge is 0.407 e. The van der Waals surface area contributed by atoms with Gasteiger partial charge in [-0.25, -0.2) is 18.2 Å². The van der Waals surface area contributed by atoms with Gasteiger partial charge in [-0.1, -0.05) is 0 Å². The van der Waals surface area contributed by atoms with Crippen LogP contribution in [0.25, 0.3) is 0 Å². The van der Waals surface area contributed by atoms with E-state index in [1.807, 2.05) is 30.3 Å². The van der Waals surface area contributed by atoms with Gasteiger partial charge in [0.1, 0.15) is 0 Å². The van der Waals surface area contributed by atoms with Crippen LogP contribution in [0.15, 0.2) is 48.5 Å². The molecule has 2 atom stereocenters. The van der Waals surface area contributed by atoms with E-state index in [9.17, 15) is 0 Å². The van der Waals surface area contributed by atoms with Gasteiger partial charge in [-0.3, -0.25) is 0 Å². The molecule has 0 unspecified atom stereocenters. The van der Waals surface area contributed by atoms with Crippen LogP contribution < -0.4 is 5.46 Å². The molecule has 0 amide bonds. The van der Waals surface area contributed by atoms with Gasteiger partial charge in [0, 0.05) is 17.1 Å². The molecule has 1 aliphatic heterocycles. The van der Waals surface area contributed by atoms with Gasteiger partial charge in [0.2, 0.25) is 0 Å². The molecule has 1 heterocycles. The normalized spacial score (nSPS) is 20.5. The topological polar surface area (TPSA) is 21.7 Å². The van der Waals surface area contributed by atoms with Crippen molar-refractivity contribution in [3.63, 3.8) is 0 Å². The zero-order chi connectivity index (χ0) is 15.2.